The Kier molecular flexibility index (Phi) is 8.35. The molecule has 0 aliphatic rings. The molecule has 1 unspecified atom stereocenters. The third-order valence-electron chi connectivity index (χ3n) is 3.22. The van der Waals surface area contributed by atoms with Gasteiger partial charge >= 0.3 is 120 Å². The van der Waals surface area contributed by atoms with E-state index in [4.69, 9.17) is 0 Å². The second-order valence-corrected chi connectivity index (χ2v) is 4.38. The predicted molar refractivity (Wildman–Crippen MR) is 79.8 cm³/mol. The molecule has 0 aliphatic carbocycles. The quantitative estimate of drug-likeness (QED) is 0.297. The molecule has 6 nitrogen and oxygen atoms in total. The number of ether oxygens (including phenoxy) is 1. The molecule has 0 bridgehead atoms. The van der Waals surface area contributed by atoms with Gasteiger partial charge in [-0.1, -0.05) is 0 Å². The number of nitrogens with one attached hydrogen (secondary N) is 1. The van der Waals surface area contributed by atoms with Crippen LogP contribution in [0.3, 0.4) is 0 Å². The van der Waals surface area contributed by atoms with E-state index in [1.54, 1.807) is 6.08 Å². The molecule has 0 fully saturated rings. The van der Waals surface area contributed by atoms with Crippen molar-refractivity contribution >= 4 is 25.4 Å². The molecule has 0 radical (unpaired) electrons. The summed E-state index contributed by atoms with van der Waals surface area (Å²) in [6.45, 7) is 10.8. The maximum atomic E-state index is 12.4. The minimum atomic E-state index is -1.08. The van der Waals surface area contributed by atoms with Crippen molar-refractivity contribution in [1.82, 2.24) is 5.32 Å². The molecule has 0 saturated heterocycles. The fraction of sp³-hybridized carbons (Fsp3) is 0.615. The van der Waals surface area contributed by atoms with E-state index in [-0.39, 0.29) is 18.4 Å². The molecular weight excluding hydrogens is 257 g/mol. The molecule has 0 aromatic rings. The molecule has 0 heterocycles. The van der Waals surface area contributed by atoms with Crippen LogP contribution in [-0.2, 0) is 14.3 Å². The van der Waals surface area contributed by atoms with Crippen molar-refractivity contribution in [2.24, 2.45) is 16.1 Å². The fourth-order valence-electron chi connectivity index (χ4n) is 1.78. The molecule has 7 heteroatoms. The molecule has 0 aliphatic heterocycles. The Morgan fingerprint density at radius 1 is 1.55 bits per heavy atom. The van der Waals surface area contributed by atoms with Crippen molar-refractivity contribution in [3.8, 4) is 0 Å². The Bertz CT molecular complexity index is 398. The van der Waals surface area contributed by atoms with Gasteiger partial charge in [-0.05, 0) is 0 Å². The van der Waals surface area contributed by atoms with Crippen LogP contribution >= 0.6 is 0 Å². The summed E-state index contributed by atoms with van der Waals surface area (Å²) in [5.41, 5.74) is -1.08. The number of methoxy groups -OCH3 is 1. The third-order valence-corrected chi connectivity index (χ3v) is 3.22. The number of rotatable bonds is 9. The molecule has 1 amide bonds. The van der Waals surface area contributed by atoms with Crippen molar-refractivity contribution in [1.29, 1.82) is 0 Å². The Labute approximate surface area is 120 Å². The Hall–Kier alpha value is -1.79. The van der Waals surface area contributed by atoms with Gasteiger partial charge in [0.2, 0.25) is 0 Å². The summed E-state index contributed by atoms with van der Waals surface area (Å²) in [6, 6.07) is 0. The van der Waals surface area contributed by atoms with Crippen LogP contribution < -0.4 is 5.32 Å². The molecular formula is C13H22BN3O3. The van der Waals surface area contributed by atoms with E-state index >= 15 is 0 Å². The summed E-state index contributed by atoms with van der Waals surface area (Å²) >= 11 is 0. The predicted octanol–water partition coefficient (Wildman–Crippen LogP) is 1.14. The summed E-state index contributed by atoms with van der Waals surface area (Å²) in [7, 11) is 2.53. The summed E-state index contributed by atoms with van der Waals surface area (Å²) in [5.74, 6) is -0.958. The molecule has 0 spiro atoms. The van der Waals surface area contributed by atoms with Gasteiger partial charge in [0.05, 0.1) is 0 Å². The van der Waals surface area contributed by atoms with Crippen molar-refractivity contribution in [2.45, 2.75) is 32.2 Å². The molecule has 0 aromatic heterocycles. The van der Waals surface area contributed by atoms with Gasteiger partial charge in [0.1, 0.15) is 0 Å². The monoisotopic (exact) mass is 279 g/mol. The molecule has 0 rings (SSSR count). The van der Waals surface area contributed by atoms with Gasteiger partial charge in [0.15, 0.2) is 0 Å². The van der Waals surface area contributed by atoms with Gasteiger partial charge in [0, 0.05) is 0 Å². The van der Waals surface area contributed by atoms with Crippen LogP contribution in [0, 0.1) is 5.92 Å². The standard InChI is InChI=1S/C13H22BN3O3/c1-6-8-13(10(3)7-2,16-17-14-4)12(19)15-9-11(18)20-5/h6,10H,1,4,7-9H2,2-3,5H3,(H,15,19)/t10?,13-/m0/s1. The average molecular weight is 279 g/mol. The van der Waals surface area contributed by atoms with Gasteiger partial charge in [-0.3, -0.25) is 0 Å². The minimum absolute atomic E-state index is 0.0677. The van der Waals surface area contributed by atoms with E-state index < -0.39 is 11.5 Å². The first-order valence-corrected chi connectivity index (χ1v) is 6.47. The summed E-state index contributed by atoms with van der Waals surface area (Å²) in [6.07, 6.45) is 2.67. The van der Waals surface area contributed by atoms with E-state index in [9.17, 15) is 9.59 Å². The van der Waals surface area contributed by atoms with Gasteiger partial charge in [-0.15, -0.1) is 0 Å². The normalized spacial score (nSPS) is 14.9. The maximum absolute atomic E-state index is 12.4. The number of amides is 1. The number of hydrogen-bond donors (Lipinski definition) is 1. The van der Waals surface area contributed by atoms with E-state index in [1.165, 1.54) is 14.2 Å². The van der Waals surface area contributed by atoms with Crippen LogP contribution in [0.5, 0.6) is 0 Å². The van der Waals surface area contributed by atoms with Crippen molar-refractivity contribution in [2.75, 3.05) is 13.7 Å². The van der Waals surface area contributed by atoms with Gasteiger partial charge in [-0.25, -0.2) is 0 Å². The molecule has 1 N–H and O–H groups in total. The molecule has 2 atom stereocenters. The van der Waals surface area contributed by atoms with Crippen molar-refractivity contribution in [3.05, 3.63) is 12.7 Å². The molecule has 110 valence electrons. The number of esters is 1. The zero-order chi connectivity index (χ0) is 15.6. The van der Waals surface area contributed by atoms with Gasteiger partial charge in [-0.2, -0.15) is 0 Å². The zero-order valence-corrected chi connectivity index (χ0v) is 12.4. The van der Waals surface area contributed by atoms with Crippen LogP contribution in [0.15, 0.2) is 22.8 Å². The van der Waals surface area contributed by atoms with Crippen LogP contribution in [0.2, 0.25) is 0 Å². The van der Waals surface area contributed by atoms with Crippen LogP contribution in [0.25, 0.3) is 0 Å². The summed E-state index contributed by atoms with van der Waals surface area (Å²) in [4.78, 5) is 23.6. The van der Waals surface area contributed by atoms with Crippen molar-refractivity contribution < 1.29 is 14.3 Å². The van der Waals surface area contributed by atoms with E-state index in [0.29, 0.717) is 6.42 Å². The first-order chi connectivity index (χ1) is 9.48. The Morgan fingerprint density at radius 2 is 2.20 bits per heavy atom. The molecule has 0 aromatic carbocycles. The summed E-state index contributed by atoms with van der Waals surface area (Å²) in [5, 5.41) is 10.4. The zero-order valence-electron chi connectivity index (χ0n) is 12.4. The second-order valence-electron chi connectivity index (χ2n) is 4.38. The number of carbonyl (C=O) groups is 2. The van der Waals surface area contributed by atoms with Crippen molar-refractivity contribution in [3.63, 3.8) is 0 Å². The van der Waals surface area contributed by atoms with E-state index in [1.807, 2.05) is 13.8 Å². The SMILES string of the molecule is C=BN=N[C@](CC=C)(C(=O)NCC(=O)OC)C(C)CC. The van der Waals surface area contributed by atoms with Gasteiger partial charge < -0.3 is 0 Å². The Morgan fingerprint density at radius 3 is 2.65 bits per heavy atom. The number of carbonyl (C=O) groups excluding carboxylic acids is 2. The fourth-order valence-corrected chi connectivity index (χ4v) is 1.78. The van der Waals surface area contributed by atoms with Gasteiger partial charge in [0.25, 0.3) is 0 Å². The molecule has 20 heavy (non-hydrogen) atoms. The summed E-state index contributed by atoms with van der Waals surface area (Å²) < 4.78 is 4.50. The third kappa shape index (κ3) is 4.72. The topological polar surface area (TPSA) is 80.1 Å². The first-order valence-electron chi connectivity index (χ1n) is 6.47. The Balaban J connectivity index is 5.29. The van der Waals surface area contributed by atoms with Crippen LogP contribution in [0.4, 0.5) is 0 Å². The van der Waals surface area contributed by atoms with Crippen LogP contribution in [-0.4, -0.2) is 44.6 Å². The average Bonchev–Trinajstić information content (AvgIpc) is 2.47. The van der Waals surface area contributed by atoms with Crippen LogP contribution in [0.1, 0.15) is 26.7 Å². The second kappa shape index (κ2) is 9.17. The number of hydrogen-bond acceptors (Lipinski definition) is 5. The van der Waals surface area contributed by atoms with E-state index in [0.717, 1.165) is 6.42 Å². The first kappa shape index (κ1) is 18.2. The molecule has 0 saturated carbocycles. The number of nitrogens with zero attached hydrogens (tertiary/aromatic N) is 2. The van der Waals surface area contributed by atoms with E-state index in [2.05, 4.69) is 33.2 Å².